The van der Waals surface area contributed by atoms with E-state index >= 15 is 0 Å². The Labute approximate surface area is 357 Å². The molecule has 0 amide bonds. The Morgan fingerprint density at radius 3 is 1.56 bits per heavy atom. The van der Waals surface area contributed by atoms with Gasteiger partial charge in [0, 0.05) is 37.4 Å². The molecule has 57 heavy (non-hydrogen) atoms. The van der Waals surface area contributed by atoms with E-state index in [-0.39, 0.29) is 0 Å². The van der Waals surface area contributed by atoms with Crippen LogP contribution in [0.5, 0.6) is 0 Å². The van der Waals surface area contributed by atoms with Gasteiger partial charge in [0.15, 0.2) is 11.2 Å². The van der Waals surface area contributed by atoms with Gasteiger partial charge in [-0.05, 0) is 88.7 Å². The highest BCUT2D eigenvalue weighted by Crippen LogP contribution is 2.45. The van der Waals surface area contributed by atoms with Gasteiger partial charge < -0.3 is 19.1 Å². The van der Waals surface area contributed by atoms with Crippen LogP contribution in [0.15, 0.2) is 195 Å². The number of fused-ring (bicyclic) bond motifs is 6. The molecule has 2 aromatic heterocycles. The summed E-state index contributed by atoms with van der Waals surface area (Å²) in [6.07, 6.45) is 0. The number of nitrogens with one attached hydrogen (secondary N) is 1. The second-order valence-electron chi connectivity index (χ2n) is 12.8. The lowest BCUT2D eigenvalue weighted by molar-refractivity contribution is 0.669. The van der Waals surface area contributed by atoms with Crippen LogP contribution in [0.25, 0.3) is 43.9 Å². The van der Waals surface area contributed by atoms with Crippen LogP contribution in [0, 0.1) is 0 Å². The third kappa shape index (κ3) is 8.22. The van der Waals surface area contributed by atoms with Crippen LogP contribution in [0.3, 0.4) is 0 Å². The van der Waals surface area contributed by atoms with E-state index in [2.05, 4.69) is 56.5 Å². The molecule has 0 bridgehead atoms. The number of hydrogen-bond donors (Lipinski definition) is 1. The zero-order valence-corrected chi connectivity index (χ0v) is 34.6. The van der Waals surface area contributed by atoms with Crippen molar-refractivity contribution >= 4 is 135 Å². The fraction of sp³-hybridized carbons (Fsp3) is 0. The number of furan rings is 2. The van der Waals surface area contributed by atoms with Crippen LogP contribution in [0.1, 0.15) is 0 Å². The van der Waals surface area contributed by atoms with E-state index in [9.17, 15) is 0 Å². The zero-order valence-electron chi connectivity index (χ0n) is 30.0. The summed E-state index contributed by atoms with van der Waals surface area (Å²) >= 11 is 27.5. The summed E-state index contributed by atoms with van der Waals surface area (Å²) in [5.41, 5.74) is 8.21. The maximum Gasteiger partial charge on any atom is 0.159 e. The fourth-order valence-corrected chi connectivity index (χ4v) is 7.72. The summed E-state index contributed by atoms with van der Waals surface area (Å²) in [7, 11) is 0. The van der Waals surface area contributed by atoms with Gasteiger partial charge in [0.1, 0.15) is 11.2 Å². The summed E-state index contributed by atoms with van der Waals surface area (Å²) < 4.78 is 13.1. The average Bonchev–Trinajstić information content (AvgIpc) is 3.83. The van der Waals surface area contributed by atoms with Crippen molar-refractivity contribution in [2.45, 2.75) is 0 Å². The molecule has 10 rings (SSSR count). The Hall–Kier alpha value is -5.40. The quantitative estimate of drug-likeness (QED) is 0.175. The van der Waals surface area contributed by atoms with Crippen LogP contribution in [-0.2, 0) is 0 Å². The Kier molecular flexibility index (Phi) is 11.7. The van der Waals surface area contributed by atoms with E-state index in [0.29, 0.717) is 20.1 Å². The molecule has 9 heteroatoms. The highest BCUT2D eigenvalue weighted by Gasteiger charge is 2.21. The summed E-state index contributed by atoms with van der Waals surface area (Å²) in [6.45, 7) is 0. The lowest BCUT2D eigenvalue weighted by atomic mass is 10.1. The molecule has 8 aromatic carbocycles. The molecule has 2 heterocycles. The van der Waals surface area contributed by atoms with Gasteiger partial charge in [-0.1, -0.05) is 156 Å². The van der Waals surface area contributed by atoms with E-state index in [1.807, 2.05) is 140 Å². The predicted octanol–water partition coefficient (Wildman–Crippen LogP) is 17.4. The SMILES string of the molecule is Clc1cccc(Br)c1Cl.Clc1cccc(N(c2ccccc2)c2cccc3c2oc2ccccc23)c1Cl.c1ccc(Nc2cccc3c2oc2ccccc23)cc1. The molecular formula is C48H31BrCl4N2O2. The van der Waals surface area contributed by atoms with E-state index in [0.717, 1.165) is 76.8 Å². The minimum absolute atomic E-state index is 0.501. The molecule has 10 aromatic rings. The molecule has 0 saturated carbocycles. The van der Waals surface area contributed by atoms with Crippen molar-refractivity contribution in [2.24, 2.45) is 0 Å². The second-order valence-corrected chi connectivity index (χ2v) is 15.2. The first-order chi connectivity index (χ1) is 27.9. The summed E-state index contributed by atoms with van der Waals surface area (Å²) in [5.74, 6) is 0. The molecular weight excluding hydrogens is 858 g/mol. The maximum atomic E-state index is 6.61. The molecule has 0 unspecified atom stereocenters. The summed E-state index contributed by atoms with van der Waals surface area (Å²) in [4.78, 5) is 2.08. The van der Waals surface area contributed by atoms with E-state index < -0.39 is 0 Å². The van der Waals surface area contributed by atoms with Crippen LogP contribution >= 0.6 is 62.3 Å². The Morgan fingerprint density at radius 1 is 0.421 bits per heavy atom. The van der Waals surface area contributed by atoms with Gasteiger partial charge in [-0.25, -0.2) is 0 Å². The Morgan fingerprint density at radius 2 is 0.912 bits per heavy atom. The lowest BCUT2D eigenvalue weighted by Crippen LogP contribution is -2.10. The van der Waals surface area contributed by atoms with E-state index in [1.54, 1.807) is 12.1 Å². The van der Waals surface area contributed by atoms with E-state index in [4.69, 9.17) is 55.2 Å². The van der Waals surface area contributed by atoms with E-state index in [1.165, 1.54) is 0 Å². The van der Waals surface area contributed by atoms with Gasteiger partial charge in [-0.15, -0.1) is 0 Å². The van der Waals surface area contributed by atoms with Gasteiger partial charge in [-0.3, -0.25) is 0 Å². The minimum Gasteiger partial charge on any atom is -0.454 e. The van der Waals surface area contributed by atoms with Crippen molar-refractivity contribution in [2.75, 3.05) is 10.2 Å². The van der Waals surface area contributed by atoms with Crippen LogP contribution in [-0.4, -0.2) is 0 Å². The molecule has 280 valence electrons. The van der Waals surface area contributed by atoms with Gasteiger partial charge >= 0.3 is 0 Å². The molecule has 0 aliphatic carbocycles. The topological polar surface area (TPSA) is 41.6 Å². The first-order valence-corrected chi connectivity index (χ1v) is 20.2. The van der Waals surface area contributed by atoms with Gasteiger partial charge in [0.2, 0.25) is 0 Å². The third-order valence-corrected chi connectivity index (χ3v) is 11.7. The molecule has 4 nitrogen and oxygen atoms in total. The van der Waals surface area contributed by atoms with Gasteiger partial charge in [0.05, 0.1) is 37.2 Å². The molecule has 0 saturated heterocycles. The first-order valence-electron chi connectivity index (χ1n) is 17.9. The average molecular weight is 890 g/mol. The fourth-order valence-electron chi connectivity index (χ4n) is 6.56. The van der Waals surface area contributed by atoms with Crippen molar-refractivity contribution in [1.82, 2.24) is 0 Å². The van der Waals surface area contributed by atoms with Gasteiger partial charge in [-0.2, -0.15) is 0 Å². The van der Waals surface area contributed by atoms with Crippen molar-refractivity contribution in [3.05, 3.63) is 207 Å². The van der Waals surface area contributed by atoms with Crippen LogP contribution < -0.4 is 10.2 Å². The molecule has 0 radical (unpaired) electrons. The first kappa shape index (κ1) is 38.5. The Balaban J connectivity index is 0.000000136. The van der Waals surface area contributed by atoms with Gasteiger partial charge in [0.25, 0.3) is 0 Å². The van der Waals surface area contributed by atoms with Crippen molar-refractivity contribution in [1.29, 1.82) is 0 Å². The molecule has 0 atom stereocenters. The number of para-hydroxylation sites is 6. The minimum atomic E-state index is 0.501. The standard InChI is InChI=1S/C24H15Cl2NO.C18H13NO.C6H3BrCl2/c25-19-12-7-13-20(23(19)26)27(16-8-2-1-3-9-16)21-14-6-11-18-17-10-4-5-15-22(17)28-24(18)21;1-2-7-13(8-3-1)19-16-11-6-10-15-14-9-4-5-12-17(14)20-18(15)16;7-4-2-1-3-5(8)6(4)9/h1-15H;1-12,19H;1-3H. The third-order valence-electron chi connectivity index (χ3n) is 9.17. The number of rotatable bonds is 5. The number of halogens is 5. The second kappa shape index (κ2) is 17.4. The Bertz CT molecular complexity index is 2950. The van der Waals surface area contributed by atoms with Crippen molar-refractivity contribution in [3.63, 3.8) is 0 Å². The number of hydrogen-bond acceptors (Lipinski definition) is 4. The normalized spacial score (nSPS) is 10.9. The lowest BCUT2D eigenvalue weighted by Gasteiger charge is -2.26. The maximum absolute atomic E-state index is 6.61. The number of anilines is 5. The summed E-state index contributed by atoms with van der Waals surface area (Å²) in [6, 6.07) is 59.8. The van der Waals surface area contributed by atoms with Crippen LogP contribution in [0.2, 0.25) is 20.1 Å². The highest BCUT2D eigenvalue weighted by molar-refractivity contribution is 9.10. The highest BCUT2D eigenvalue weighted by atomic mass is 79.9. The summed E-state index contributed by atoms with van der Waals surface area (Å²) in [5, 5.41) is 10.0. The zero-order chi connectivity index (χ0) is 39.3. The molecule has 0 aliphatic rings. The largest absolute Gasteiger partial charge is 0.454 e. The van der Waals surface area contributed by atoms with Crippen molar-refractivity contribution in [3.8, 4) is 0 Å². The van der Waals surface area contributed by atoms with Crippen molar-refractivity contribution < 1.29 is 8.83 Å². The number of nitrogens with zero attached hydrogens (tertiary/aromatic N) is 1. The monoisotopic (exact) mass is 886 g/mol. The smallest absolute Gasteiger partial charge is 0.159 e. The molecule has 0 fully saturated rings. The molecule has 0 aliphatic heterocycles. The molecule has 1 N–H and O–H groups in total. The predicted molar refractivity (Wildman–Crippen MR) is 246 cm³/mol. The van der Waals surface area contributed by atoms with Crippen LogP contribution in [0.4, 0.5) is 28.4 Å². The number of benzene rings is 8. The molecule has 0 spiro atoms.